The zero-order valence-corrected chi connectivity index (χ0v) is 13.7. The van der Waals surface area contributed by atoms with E-state index in [9.17, 15) is 4.79 Å². The van der Waals surface area contributed by atoms with Gasteiger partial charge in [0, 0.05) is 18.2 Å². The average Bonchev–Trinajstić information content (AvgIpc) is 2.54. The van der Waals surface area contributed by atoms with Crippen molar-refractivity contribution in [3.8, 4) is 0 Å². The molecule has 0 spiro atoms. The quantitative estimate of drug-likeness (QED) is 0.557. The van der Waals surface area contributed by atoms with Gasteiger partial charge in [0.25, 0.3) is 5.91 Å². The van der Waals surface area contributed by atoms with Crippen molar-refractivity contribution in [3.05, 3.63) is 35.5 Å². The van der Waals surface area contributed by atoms with Gasteiger partial charge in [-0.05, 0) is 11.1 Å². The van der Waals surface area contributed by atoms with E-state index in [-0.39, 0.29) is 10.9 Å². The van der Waals surface area contributed by atoms with E-state index in [0.29, 0.717) is 0 Å². The molecule has 102 valence electrons. The van der Waals surface area contributed by atoms with Crippen LogP contribution in [0.25, 0.3) is 5.57 Å². The summed E-state index contributed by atoms with van der Waals surface area (Å²) < 4.78 is 0. The van der Waals surface area contributed by atoms with Crippen LogP contribution in [-0.4, -0.2) is 21.0 Å². The fourth-order valence-electron chi connectivity index (χ4n) is 2.12. The Morgan fingerprint density at radius 3 is 2.32 bits per heavy atom. The van der Waals surface area contributed by atoms with E-state index in [1.54, 1.807) is 4.90 Å². The summed E-state index contributed by atoms with van der Waals surface area (Å²) in [4.78, 5) is 14.2. The molecule has 0 unspecified atom stereocenters. The summed E-state index contributed by atoms with van der Waals surface area (Å²) in [5, 5.41) is 0.246. The third-order valence-electron chi connectivity index (χ3n) is 4.53. The number of amides is 1. The summed E-state index contributed by atoms with van der Waals surface area (Å²) in [7, 11) is 0.235. The number of benzene rings is 1. The zero-order chi connectivity index (χ0) is 14.4. The lowest BCUT2D eigenvalue weighted by molar-refractivity contribution is -0.112. The van der Waals surface area contributed by atoms with Gasteiger partial charge in [0.15, 0.2) is 0 Å². The highest BCUT2D eigenvalue weighted by Gasteiger charge is 2.37. The van der Waals surface area contributed by atoms with Crippen LogP contribution in [0.2, 0.25) is 18.1 Å². The number of hydrogen-bond acceptors (Lipinski definition) is 1. The molecule has 1 heterocycles. The first-order valence-corrected chi connectivity index (χ1v) is 9.83. The smallest absolute Gasteiger partial charge is 0.258 e. The van der Waals surface area contributed by atoms with Gasteiger partial charge >= 0.3 is 0 Å². The largest absolute Gasteiger partial charge is 0.311 e. The molecule has 0 aromatic heterocycles. The summed E-state index contributed by atoms with van der Waals surface area (Å²) in [5.41, 5.74) is 5.28. The maximum atomic E-state index is 12.4. The first-order chi connectivity index (χ1) is 8.65. The minimum atomic E-state index is -1.62. The lowest BCUT2D eigenvalue weighted by Gasteiger charge is -2.34. The minimum Gasteiger partial charge on any atom is -0.311 e. The number of para-hydroxylation sites is 1. The minimum absolute atomic E-state index is 0.131. The van der Waals surface area contributed by atoms with Crippen LogP contribution in [-0.2, 0) is 4.79 Å². The lowest BCUT2D eigenvalue weighted by Crippen LogP contribution is -2.36. The molecule has 0 radical (unpaired) electrons. The second-order valence-electron chi connectivity index (χ2n) is 6.91. The molecule has 0 N–H and O–H groups in total. The molecule has 1 aromatic rings. The van der Waals surface area contributed by atoms with Crippen LogP contribution in [0.5, 0.6) is 0 Å². The van der Waals surface area contributed by atoms with Crippen LogP contribution in [0.15, 0.2) is 30.0 Å². The monoisotopic (exact) mass is 273 g/mol. The molecule has 0 bridgehead atoms. The Kier molecular flexibility index (Phi) is 3.21. The number of fused-ring (bicyclic) bond motifs is 1. The Morgan fingerprint density at radius 2 is 1.74 bits per heavy atom. The fourth-order valence-corrected chi connectivity index (χ4v) is 3.55. The zero-order valence-electron chi connectivity index (χ0n) is 12.7. The molecular formula is C16H23NOSi. The van der Waals surface area contributed by atoms with Crippen LogP contribution < -0.4 is 4.90 Å². The average molecular weight is 273 g/mol. The van der Waals surface area contributed by atoms with E-state index < -0.39 is 8.07 Å². The molecule has 19 heavy (non-hydrogen) atoms. The van der Waals surface area contributed by atoms with Crippen LogP contribution in [0, 0.1) is 0 Å². The summed E-state index contributed by atoms with van der Waals surface area (Å²) in [6.07, 6.45) is 0. The van der Waals surface area contributed by atoms with Crippen molar-refractivity contribution >= 4 is 25.2 Å². The normalized spacial score (nSPS) is 18.1. The van der Waals surface area contributed by atoms with Crippen molar-refractivity contribution < 1.29 is 4.79 Å². The molecule has 1 amide bonds. The van der Waals surface area contributed by atoms with Gasteiger partial charge in [-0.3, -0.25) is 4.79 Å². The number of carbonyl (C=O) groups excluding carboxylic acids is 1. The third kappa shape index (κ3) is 2.27. The van der Waals surface area contributed by atoms with Crippen LogP contribution in [0.1, 0.15) is 26.3 Å². The number of likely N-dealkylation sites (N-methyl/N-ethyl adjacent to an activating group) is 1. The van der Waals surface area contributed by atoms with Crippen LogP contribution in [0.4, 0.5) is 5.69 Å². The number of nitrogens with zero attached hydrogens (tertiary/aromatic N) is 1. The molecule has 3 heteroatoms. The summed E-state index contributed by atoms with van der Waals surface area (Å²) >= 11 is 0. The Labute approximate surface area is 117 Å². The van der Waals surface area contributed by atoms with Gasteiger partial charge in [0.2, 0.25) is 0 Å². The van der Waals surface area contributed by atoms with Gasteiger partial charge in [-0.1, -0.05) is 57.8 Å². The maximum Gasteiger partial charge on any atom is 0.258 e. The van der Waals surface area contributed by atoms with Crippen molar-refractivity contribution in [1.29, 1.82) is 0 Å². The number of anilines is 1. The predicted molar refractivity (Wildman–Crippen MR) is 85.0 cm³/mol. The molecule has 1 aromatic carbocycles. The van der Waals surface area contributed by atoms with Gasteiger partial charge < -0.3 is 4.90 Å². The second kappa shape index (κ2) is 4.34. The van der Waals surface area contributed by atoms with Crippen molar-refractivity contribution in [2.75, 3.05) is 11.9 Å². The van der Waals surface area contributed by atoms with E-state index in [4.69, 9.17) is 0 Å². The lowest BCUT2D eigenvalue weighted by atomic mass is 10.1. The molecule has 0 aliphatic carbocycles. The van der Waals surface area contributed by atoms with E-state index >= 15 is 0 Å². The van der Waals surface area contributed by atoms with Crippen molar-refractivity contribution in [3.63, 3.8) is 0 Å². The van der Waals surface area contributed by atoms with E-state index in [2.05, 4.69) is 45.6 Å². The number of hydrogen-bond donors (Lipinski definition) is 0. The van der Waals surface area contributed by atoms with Gasteiger partial charge in [-0.25, -0.2) is 0 Å². The second-order valence-corrected chi connectivity index (χ2v) is 12.1. The number of rotatable bonds is 1. The molecule has 0 saturated heterocycles. The van der Waals surface area contributed by atoms with Gasteiger partial charge in [0.05, 0.1) is 13.8 Å². The van der Waals surface area contributed by atoms with Gasteiger partial charge in [-0.2, -0.15) is 0 Å². The number of carbonyl (C=O) groups is 1. The molecular weight excluding hydrogens is 250 g/mol. The SMILES string of the molecule is CN1C(=O)/C(=C\[Si](C)(C)C(C)(C)C)c2ccccc21. The first-order valence-electron chi connectivity index (χ1n) is 6.75. The molecule has 1 aliphatic rings. The van der Waals surface area contributed by atoms with Crippen molar-refractivity contribution in [1.82, 2.24) is 0 Å². The standard InChI is InChI=1S/C16H23NOSi/c1-16(2,3)19(5,6)11-13-12-9-7-8-10-14(12)17(4)15(13)18/h7-11H,1-6H3/b13-11-. The molecule has 2 rings (SSSR count). The van der Waals surface area contributed by atoms with E-state index in [1.807, 2.05) is 25.2 Å². The molecule has 0 fully saturated rings. The predicted octanol–water partition coefficient (Wildman–Crippen LogP) is 4.09. The highest BCUT2D eigenvalue weighted by molar-refractivity contribution is 6.86. The first kappa shape index (κ1) is 14.1. The van der Waals surface area contributed by atoms with Crippen LogP contribution >= 0.6 is 0 Å². The Bertz CT molecular complexity index is 552. The summed E-state index contributed by atoms with van der Waals surface area (Å²) in [6, 6.07) is 8.05. The Hall–Kier alpha value is -1.35. The Morgan fingerprint density at radius 1 is 1.16 bits per heavy atom. The van der Waals surface area contributed by atoms with E-state index in [1.165, 1.54) is 0 Å². The fraction of sp³-hybridized carbons (Fsp3) is 0.438. The highest BCUT2D eigenvalue weighted by Crippen LogP contribution is 2.42. The molecule has 2 nitrogen and oxygen atoms in total. The summed E-state index contributed by atoms with van der Waals surface area (Å²) in [5.74, 6) is 0.131. The van der Waals surface area contributed by atoms with Crippen molar-refractivity contribution in [2.45, 2.75) is 38.9 Å². The topological polar surface area (TPSA) is 20.3 Å². The van der Waals surface area contributed by atoms with Crippen LogP contribution in [0.3, 0.4) is 0 Å². The molecule has 0 saturated carbocycles. The van der Waals surface area contributed by atoms with Gasteiger partial charge in [0.1, 0.15) is 0 Å². The maximum absolute atomic E-state index is 12.4. The highest BCUT2D eigenvalue weighted by atomic mass is 28.3. The van der Waals surface area contributed by atoms with Gasteiger partial charge in [-0.15, -0.1) is 0 Å². The molecule has 1 aliphatic heterocycles. The van der Waals surface area contributed by atoms with Crippen molar-refractivity contribution in [2.24, 2.45) is 0 Å². The summed E-state index contributed by atoms with van der Waals surface area (Å²) in [6.45, 7) is 11.5. The van der Waals surface area contributed by atoms with E-state index in [0.717, 1.165) is 16.8 Å². The third-order valence-corrected chi connectivity index (χ3v) is 9.41. The molecule has 0 atom stereocenters. The Balaban J connectivity index is 2.56.